The maximum atomic E-state index is 12.7. The Morgan fingerprint density at radius 3 is 2.76 bits per heavy atom. The SMILES string of the molecule is O=C(N1CC[C@@]2(C1)Sc1cc(Cl)c(Cl)cc1NC2=O)[C@@]1(O)CCNC1. The summed E-state index contributed by atoms with van der Waals surface area (Å²) < 4.78 is -0.762. The maximum absolute atomic E-state index is 12.7. The van der Waals surface area contributed by atoms with Crippen LogP contribution in [0.2, 0.25) is 10.0 Å². The van der Waals surface area contributed by atoms with Crippen molar-refractivity contribution in [2.24, 2.45) is 0 Å². The molecule has 3 N–H and O–H groups in total. The second-order valence-corrected chi connectivity index (χ2v) is 8.99. The second-order valence-electron chi connectivity index (χ2n) is 6.75. The Hall–Kier alpha value is -0.990. The second kappa shape index (κ2) is 6.03. The molecular formula is C16H17Cl2N3O3S. The van der Waals surface area contributed by atoms with E-state index in [1.807, 2.05) is 0 Å². The van der Waals surface area contributed by atoms with E-state index in [1.54, 1.807) is 17.0 Å². The molecule has 2 amide bonds. The van der Waals surface area contributed by atoms with E-state index in [0.717, 1.165) is 4.90 Å². The molecule has 1 aromatic rings. The number of benzene rings is 1. The number of carbonyl (C=O) groups is 2. The summed E-state index contributed by atoms with van der Waals surface area (Å²) in [5.74, 6) is -0.446. The minimum Gasteiger partial charge on any atom is -0.379 e. The first-order chi connectivity index (χ1) is 11.8. The Morgan fingerprint density at radius 2 is 2.04 bits per heavy atom. The molecule has 0 bridgehead atoms. The van der Waals surface area contributed by atoms with Gasteiger partial charge in [-0.1, -0.05) is 23.2 Å². The number of hydrogen-bond acceptors (Lipinski definition) is 5. The first-order valence-electron chi connectivity index (χ1n) is 8.05. The molecule has 3 aliphatic heterocycles. The van der Waals surface area contributed by atoms with Crippen molar-refractivity contribution in [3.63, 3.8) is 0 Å². The van der Waals surface area contributed by atoms with Crippen LogP contribution in [0.3, 0.4) is 0 Å². The van der Waals surface area contributed by atoms with E-state index in [-0.39, 0.29) is 24.9 Å². The third-order valence-electron chi connectivity index (χ3n) is 5.04. The van der Waals surface area contributed by atoms with Crippen LogP contribution in [0.4, 0.5) is 5.69 Å². The Kier molecular flexibility index (Phi) is 4.20. The van der Waals surface area contributed by atoms with Gasteiger partial charge in [-0.15, -0.1) is 11.8 Å². The number of anilines is 1. The molecule has 0 aromatic heterocycles. The summed E-state index contributed by atoms with van der Waals surface area (Å²) in [6.45, 7) is 1.58. The van der Waals surface area contributed by atoms with Gasteiger partial charge in [0.05, 0.1) is 15.7 Å². The summed E-state index contributed by atoms with van der Waals surface area (Å²) in [4.78, 5) is 27.9. The van der Waals surface area contributed by atoms with Crippen molar-refractivity contribution in [2.45, 2.75) is 28.1 Å². The number of amides is 2. The standard InChI is InChI=1S/C16H17Cl2N3O3S/c17-9-5-11-12(6-10(9)18)25-16(13(22)20-11)2-4-21(8-16)14(23)15(24)1-3-19-7-15/h5-6,19,24H,1-4,7-8H2,(H,20,22)/t15-,16+/m1/s1. The van der Waals surface area contributed by atoms with Crippen molar-refractivity contribution >= 4 is 52.5 Å². The molecular weight excluding hydrogens is 385 g/mol. The highest BCUT2D eigenvalue weighted by Gasteiger charge is 2.52. The summed E-state index contributed by atoms with van der Waals surface area (Å²) in [6.07, 6.45) is 0.921. The summed E-state index contributed by atoms with van der Waals surface area (Å²) in [6, 6.07) is 3.38. The lowest BCUT2D eigenvalue weighted by atomic mass is 10.0. The van der Waals surface area contributed by atoms with Crippen molar-refractivity contribution in [1.82, 2.24) is 10.2 Å². The van der Waals surface area contributed by atoms with E-state index in [1.165, 1.54) is 11.8 Å². The molecule has 6 nitrogen and oxygen atoms in total. The van der Waals surface area contributed by atoms with E-state index in [0.29, 0.717) is 41.7 Å². The van der Waals surface area contributed by atoms with Gasteiger partial charge in [-0.3, -0.25) is 9.59 Å². The van der Waals surface area contributed by atoms with Gasteiger partial charge in [0.2, 0.25) is 5.91 Å². The summed E-state index contributed by atoms with van der Waals surface area (Å²) >= 11 is 13.5. The zero-order valence-corrected chi connectivity index (χ0v) is 15.6. The summed E-state index contributed by atoms with van der Waals surface area (Å²) in [5.41, 5.74) is -0.728. The molecule has 1 aromatic carbocycles. The summed E-state index contributed by atoms with van der Waals surface area (Å²) in [5, 5.41) is 17.2. The molecule has 0 radical (unpaired) electrons. The molecule has 0 unspecified atom stereocenters. The average molecular weight is 402 g/mol. The van der Waals surface area contributed by atoms with Gasteiger partial charge in [0, 0.05) is 24.5 Å². The quantitative estimate of drug-likeness (QED) is 0.667. The largest absolute Gasteiger partial charge is 0.379 e. The van der Waals surface area contributed by atoms with Crippen LogP contribution in [0.5, 0.6) is 0 Å². The number of hydrogen-bond donors (Lipinski definition) is 3. The Balaban J connectivity index is 1.58. The predicted molar refractivity (Wildman–Crippen MR) is 97.3 cm³/mol. The Bertz CT molecular complexity index is 769. The molecule has 1 spiro atoms. The van der Waals surface area contributed by atoms with Crippen LogP contribution in [0.15, 0.2) is 17.0 Å². The lowest BCUT2D eigenvalue weighted by molar-refractivity contribution is -0.148. The van der Waals surface area contributed by atoms with Gasteiger partial charge >= 0.3 is 0 Å². The lowest BCUT2D eigenvalue weighted by Gasteiger charge is -2.34. The van der Waals surface area contributed by atoms with Crippen LogP contribution in [-0.2, 0) is 9.59 Å². The van der Waals surface area contributed by atoms with E-state index in [4.69, 9.17) is 23.2 Å². The number of thioether (sulfide) groups is 1. The van der Waals surface area contributed by atoms with Gasteiger partial charge in [0.25, 0.3) is 5.91 Å². The minimum atomic E-state index is -1.36. The fourth-order valence-electron chi connectivity index (χ4n) is 3.58. The zero-order chi connectivity index (χ0) is 17.8. The monoisotopic (exact) mass is 401 g/mol. The van der Waals surface area contributed by atoms with E-state index >= 15 is 0 Å². The van der Waals surface area contributed by atoms with Crippen LogP contribution in [0.25, 0.3) is 0 Å². The number of nitrogens with zero attached hydrogens (tertiary/aromatic N) is 1. The number of nitrogens with one attached hydrogen (secondary N) is 2. The van der Waals surface area contributed by atoms with Gasteiger partial charge in [0.1, 0.15) is 4.75 Å². The number of β-amino-alcohol motifs (C(OH)–C–C–N with tert-alkyl or cyclic N) is 1. The fraction of sp³-hybridized carbons (Fsp3) is 0.500. The molecule has 4 rings (SSSR count). The zero-order valence-electron chi connectivity index (χ0n) is 13.3. The number of halogens is 2. The number of rotatable bonds is 1. The molecule has 3 aliphatic rings. The van der Waals surface area contributed by atoms with Gasteiger partial charge in [-0.05, 0) is 31.5 Å². The van der Waals surface area contributed by atoms with Crippen molar-refractivity contribution in [2.75, 3.05) is 31.5 Å². The summed E-state index contributed by atoms with van der Waals surface area (Å²) in [7, 11) is 0. The number of carbonyl (C=O) groups excluding carboxylic acids is 2. The van der Waals surface area contributed by atoms with Crippen LogP contribution >= 0.6 is 35.0 Å². The van der Waals surface area contributed by atoms with Gasteiger partial charge in [0.15, 0.2) is 5.60 Å². The first kappa shape index (κ1) is 17.4. The van der Waals surface area contributed by atoms with Crippen LogP contribution < -0.4 is 10.6 Å². The smallest absolute Gasteiger partial charge is 0.255 e. The molecule has 3 heterocycles. The van der Waals surface area contributed by atoms with Crippen molar-refractivity contribution < 1.29 is 14.7 Å². The lowest BCUT2D eigenvalue weighted by Crippen LogP contribution is -2.52. The molecule has 25 heavy (non-hydrogen) atoms. The van der Waals surface area contributed by atoms with E-state index in [9.17, 15) is 14.7 Å². The minimum absolute atomic E-state index is 0.143. The molecule has 2 fully saturated rings. The molecule has 0 saturated carbocycles. The van der Waals surface area contributed by atoms with Crippen LogP contribution in [0, 0.1) is 0 Å². The fourth-order valence-corrected chi connectivity index (χ4v) is 5.35. The van der Waals surface area contributed by atoms with E-state index < -0.39 is 10.3 Å². The van der Waals surface area contributed by atoms with Gasteiger partial charge in [-0.25, -0.2) is 0 Å². The number of likely N-dealkylation sites (tertiary alicyclic amines) is 1. The molecule has 0 aliphatic carbocycles. The highest BCUT2D eigenvalue weighted by molar-refractivity contribution is 8.01. The molecule has 2 atom stereocenters. The van der Waals surface area contributed by atoms with Crippen molar-refractivity contribution in [3.05, 3.63) is 22.2 Å². The number of fused-ring (bicyclic) bond motifs is 1. The van der Waals surface area contributed by atoms with Crippen LogP contribution in [-0.4, -0.2) is 58.3 Å². The maximum Gasteiger partial charge on any atom is 0.255 e. The normalized spacial score (nSPS) is 31.3. The predicted octanol–water partition coefficient (Wildman–Crippen LogP) is 1.73. The molecule has 2 saturated heterocycles. The number of aliphatic hydroxyl groups is 1. The third kappa shape index (κ3) is 2.82. The van der Waals surface area contributed by atoms with E-state index in [2.05, 4.69) is 10.6 Å². The molecule has 9 heteroatoms. The highest BCUT2D eigenvalue weighted by atomic mass is 35.5. The van der Waals surface area contributed by atoms with Crippen LogP contribution in [0.1, 0.15) is 12.8 Å². The average Bonchev–Trinajstić information content (AvgIpc) is 3.19. The van der Waals surface area contributed by atoms with Crippen molar-refractivity contribution in [3.8, 4) is 0 Å². The molecule has 134 valence electrons. The topological polar surface area (TPSA) is 81.7 Å². The third-order valence-corrected chi connectivity index (χ3v) is 7.23. The Morgan fingerprint density at radius 1 is 1.28 bits per heavy atom. The Labute approximate surface area is 159 Å². The highest BCUT2D eigenvalue weighted by Crippen LogP contribution is 2.49. The van der Waals surface area contributed by atoms with Gasteiger partial charge < -0.3 is 20.6 Å². The van der Waals surface area contributed by atoms with Gasteiger partial charge in [-0.2, -0.15) is 0 Å². The first-order valence-corrected chi connectivity index (χ1v) is 9.62. The van der Waals surface area contributed by atoms with Crippen molar-refractivity contribution in [1.29, 1.82) is 0 Å².